The number of hydrogen-bond acceptors (Lipinski definition) is 0. The van der Waals surface area contributed by atoms with Gasteiger partial charge in [-0.1, -0.05) is 52.2 Å². The molecule has 1 radical (unpaired) electrons. The second kappa shape index (κ2) is 7.84. The predicted octanol–water partition coefficient (Wildman–Crippen LogP) is 3.97. The van der Waals surface area contributed by atoms with E-state index in [-0.39, 0.29) is 0 Å². The van der Waals surface area contributed by atoms with E-state index in [1.165, 1.54) is 32.1 Å². The first-order valence-corrected chi connectivity index (χ1v) is 4.80. The quantitative estimate of drug-likeness (QED) is 0.485. The van der Waals surface area contributed by atoms with Crippen LogP contribution in [0.15, 0.2) is 6.08 Å². The molecule has 0 N–H and O–H groups in total. The highest BCUT2D eigenvalue weighted by atomic mass is 14.0. The molecule has 0 aliphatic heterocycles. The number of unbranched alkanes of at least 4 members (excludes halogenated alkanes) is 4. The standard InChI is InChI=1S/C11H21/c1-4-5-6-7-8-9-10-11(2)3/h1,4,11H,5-10H2,2-3H3. The van der Waals surface area contributed by atoms with Gasteiger partial charge in [-0.2, -0.15) is 0 Å². The van der Waals surface area contributed by atoms with Crippen molar-refractivity contribution < 1.29 is 0 Å². The molecular weight excluding hydrogens is 132 g/mol. The fraction of sp³-hybridized carbons (Fsp3) is 0.818. The first-order valence-electron chi connectivity index (χ1n) is 4.80. The molecule has 11 heavy (non-hydrogen) atoms. The third kappa shape index (κ3) is 9.74. The fourth-order valence-electron chi connectivity index (χ4n) is 1.17. The van der Waals surface area contributed by atoms with Crippen LogP contribution in [0.25, 0.3) is 0 Å². The third-order valence-electron chi connectivity index (χ3n) is 1.90. The Hall–Kier alpha value is -0.260. The molecule has 0 bridgehead atoms. The highest BCUT2D eigenvalue weighted by molar-refractivity contribution is 4.61. The van der Waals surface area contributed by atoms with Crippen molar-refractivity contribution in [1.82, 2.24) is 0 Å². The summed E-state index contributed by atoms with van der Waals surface area (Å²) >= 11 is 0. The van der Waals surface area contributed by atoms with Crippen LogP contribution in [0.2, 0.25) is 0 Å². The van der Waals surface area contributed by atoms with Crippen LogP contribution in [0.3, 0.4) is 0 Å². The van der Waals surface area contributed by atoms with E-state index in [2.05, 4.69) is 13.8 Å². The second-order valence-corrected chi connectivity index (χ2v) is 3.62. The molecule has 0 aromatic heterocycles. The maximum Gasteiger partial charge on any atom is -0.0348 e. The van der Waals surface area contributed by atoms with Gasteiger partial charge >= 0.3 is 0 Å². The smallest absolute Gasteiger partial charge is 0.0348 e. The molecule has 0 aromatic rings. The van der Waals surface area contributed by atoms with Gasteiger partial charge in [0.2, 0.25) is 0 Å². The summed E-state index contributed by atoms with van der Waals surface area (Å²) in [4.78, 5) is 0. The predicted molar refractivity (Wildman–Crippen MR) is 51.4 cm³/mol. The maximum atomic E-state index is 5.27. The Labute approximate surface area is 71.7 Å². The van der Waals surface area contributed by atoms with Crippen molar-refractivity contribution in [1.29, 1.82) is 0 Å². The highest BCUT2D eigenvalue weighted by Gasteiger charge is 1.93. The monoisotopic (exact) mass is 153 g/mol. The number of allylic oxidation sites excluding steroid dienone is 1. The van der Waals surface area contributed by atoms with E-state index in [0.29, 0.717) is 0 Å². The second-order valence-electron chi connectivity index (χ2n) is 3.62. The lowest BCUT2D eigenvalue weighted by atomic mass is 10.0. The van der Waals surface area contributed by atoms with Crippen molar-refractivity contribution in [3.05, 3.63) is 12.7 Å². The summed E-state index contributed by atoms with van der Waals surface area (Å²) in [6.45, 7) is 9.84. The van der Waals surface area contributed by atoms with Crippen LogP contribution in [0.1, 0.15) is 52.4 Å². The molecule has 0 atom stereocenters. The Kier molecular flexibility index (Phi) is 7.66. The molecule has 0 aromatic carbocycles. The number of hydrogen-bond donors (Lipinski definition) is 0. The van der Waals surface area contributed by atoms with Gasteiger partial charge in [0, 0.05) is 0 Å². The fourth-order valence-corrected chi connectivity index (χ4v) is 1.17. The van der Waals surface area contributed by atoms with Gasteiger partial charge in [-0.05, 0) is 18.8 Å². The van der Waals surface area contributed by atoms with Gasteiger partial charge < -0.3 is 0 Å². The van der Waals surface area contributed by atoms with Gasteiger partial charge in [-0.3, -0.25) is 0 Å². The average molecular weight is 153 g/mol. The van der Waals surface area contributed by atoms with Gasteiger partial charge in [0.1, 0.15) is 0 Å². The summed E-state index contributed by atoms with van der Waals surface area (Å²) in [7, 11) is 0. The molecule has 0 aliphatic rings. The molecule has 0 nitrogen and oxygen atoms in total. The molecule has 0 aliphatic carbocycles. The SMILES string of the molecule is [CH]=CCCCCCCC(C)C. The minimum Gasteiger partial charge on any atom is -0.0845 e. The van der Waals surface area contributed by atoms with Crippen molar-refractivity contribution in [2.45, 2.75) is 52.4 Å². The van der Waals surface area contributed by atoms with Gasteiger partial charge in [0.15, 0.2) is 0 Å². The summed E-state index contributed by atoms with van der Waals surface area (Å²) in [5.74, 6) is 0.871. The molecule has 0 fully saturated rings. The minimum absolute atomic E-state index is 0.871. The Morgan fingerprint density at radius 3 is 2.27 bits per heavy atom. The zero-order chi connectivity index (χ0) is 8.53. The summed E-state index contributed by atoms with van der Waals surface area (Å²) < 4.78 is 0. The van der Waals surface area contributed by atoms with E-state index in [9.17, 15) is 0 Å². The van der Waals surface area contributed by atoms with Crippen LogP contribution >= 0.6 is 0 Å². The van der Waals surface area contributed by atoms with Crippen LogP contribution in [-0.4, -0.2) is 0 Å². The zero-order valence-electron chi connectivity index (χ0n) is 7.97. The highest BCUT2D eigenvalue weighted by Crippen LogP contribution is 2.10. The lowest BCUT2D eigenvalue weighted by molar-refractivity contribution is 0.521. The summed E-state index contributed by atoms with van der Waals surface area (Å²) in [6, 6.07) is 0. The lowest BCUT2D eigenvalue weighted by Gasteiger charge is -2.02. The van der Waals surface area contributed by atoms with Gasteiger partial charge in [-0.15, -0.1) is 0 Å². The van der Waals surface area contributed by atoms with E-state index in [4.69, 9.17) is 6.58 Å². The normalized spacial score (nSPS) is 10.5. The van der Waals surface area contributed by atoms with Crippen LogP contribution in [0, 0.1) is 12.5 Å². The first-order chi connectivity index (χ1) is 5.27. The van der Waals surface area contributed by atoms with Crippen molar-refractivity contribution >= 4 is 0 Å². The zero-order valence-corrected chi connectivity index (χ0v) is 7.97. The Morgan fingerprint density at radius 2 is 1.73 bits per heavy atom. The van der Waals surface area contributed by atoms with Crippen LogP contribution in [0.4, 0.5) is 0 Å². The average Bonchev–Trinajstić information content (AvgIpc) is 1.96. The largest absolute Gasteiger partial charge is 0.0845 e. The molecule has 0 saturated carbocycles. The van der Waals surface area contributed by atoms with Gasteiger partial charge in [0.25, 0.3) is 0 Å². The molecule has 0 rings (SSSR count). The molecule has 0 saturated heterocycles. The molecule has 0 amide bonds. The summed E-state index contributed by atoms with van der Waals surface area (Å²) in [5.41, 5.74) is 0. The van der Waals surface area contributed by atoms with E-state index in [1.54, 1.807) is 6.08 Å². The Morgan fingerprint density at radius 1 is 1.09 bits per heavy atom. The summed E-state index contributed by atoms with van der Waals surface area (Å²) in [5, 5.41) is 0. The minimum atomic E-state index is 0.871. The molecule has 0 heteroatoms. The van der Waals surface area contributed by atoms with Gasteiger partial charge in [0.05, 0.1) is 0 Å². The third-order valence-corrected chi connectivity index (χ3v) is 1.90. The molecule has 0 spiro atoms. The van der Waals surface area contributed by atoms with Crippen LogP contribution in [0.5, 0.6) is 0 Å². The Balaban J connectivity index is 2.85. The maximum absolute atomic E-state index is 5.27. The molecule has 0 heterocycles. The molecule has 0 unspecified atom stereocenters. The van der Waals surface area contributed by atoms with E-state index >= 15 is 0 Å². The van der Waals surface area contributed by atoms with E-state index in [0.717, 1.165) is 12.3 Å². The topological polar surface area (TPSA) is 0 Å². The lowest BCUT2D eigenvalue weighted by Crippen LogP contribution is -1.86. The van der Waals surface area contributed by atoms with Crippen molar-refractivity contribution in [3.8, 4) is 0 Å². The Bertz CT molecular complexity index is 82.0. The van der Waals surface area contributed by atoms with Crippen molar-refractivity contribution in [2.75, 3.05) is 0 Å². The van der Waals surface area contributed by atoms with Crippen LogP contribution < -0.4 is 0 Å². The molecular formula is C11H21. The van der Waals surface area contributed by atoms with Crippen LogP contribution in [-0.2, 0) is 0 Å². The van der Waals surface area contributed by atoms with Gasteiger partial charge in [-0.25, -0.2) is 0 Å². The van der Waals surface area contributed by atoms with Crippen molar-refractivity contribution in [2.24, 2.45) is 5.92 Å². The number of rotatable bonds is 7. The summed E-state index contributed by atoms with van der Waals surface area (Å²) in [6.07, 6.45) is 9.62. The van der Waals surface area contributed by atoms with E-state index in [1.807, 2.05) is 0 Å². The molecule has 65 valence electrons. The van der Waals surface area contributed by atoms with Crippen molar-refractivity contribution in [3.63, 3.8) is 0 Å². The first kappa shape index (κ1) is 10.7. The van der Waals surface area contributed by atoms with E-state index < -0.39 is 0 Å².